The number of amides is 1. The second kappa shape index (κ2) is 12.0. The minimum absolute atomic E-state index is 0.0657. The number of nitrogens with zero attached hydrogens (tertiary/aromatic N) is 2. The number of carbonyl (C=O) groups is 1. The summed E-state index contributed by atoms with van der Waals surface area (Å²) in [6.45, 7) is -1.00. The van der Waals surface area contributed by atoms with E-state index in [0.29, 0.717) is 27.9 Å². The summed E-state index contributed by atoms with van der Waals surface area (Å²) in [6, 6.07) is 14.4. The number of aromatic nitrogens is 1. The van der Waals surface area contributed by atoms with Crippen LogP contribution in [0.2, 0.25) is 0 Å². The predicted molar refractivity (Wildman–Crippen MR) is 145 cm³/mol. The molecule has 10 heteroatoms. The Morgan fingerprint density at radius 3 is 2.56 bits per heavy atom. The molecule has 204 valence electrons. The van der Waals surface area contributed by atoms with Gasteiger partial charge in [0, 0.05) is 35.6 Å². The third-order valence-corrected chi connectivity index (χ3v) is 6.83. The Morgan fingerprint density at radius 2 is 1.90 bits per heavy atom. The summed E-state index contributed by atoms with van der Waals surface area (Å²) in [5.74, 6) is 6.08. The number of halogens is 3. The molecule has 0 radical (unpaired) electrons. The van der Waals surface area contributed by atoms with Crippen LogP contribution >= 0.6 is 0 Å². The third kappa shape index (κ3) is 6.77. The lowest BCUT2D eigenvalue weighted by Crippen LogP contribution is -2.25. The average molecular weight is 538 g/mol. The van der Waals surface area contributed by atoms with Crippen molar-refractivity contribution in [2.24, 2.45) is 5.92 Å². The molecule has 1 fully saturated rings. The number of anilines is 2. The molecular formula is C29H30F3N5O2. The maximum absolute atomic E-state index is 13.5. The minimum atomic E-state index is -4.42. The van der Waals surface area contributed by atoms with Gasteiger partial charge in [0.05, 0.1) is 36.6 Å². The zero-order chi connectivity index (χ0) is 28.0. The van der Waals surface area contributed by atoms with Crippen LogP contribution in [-0.2, 0) is 6.54 Å². The van der Waals surface area contributed by atoms with Gasteiger partial charge in [-0.05, 0) is 68.0 Å². The first-order valence-electron chi connectivity index (χ1n) is 12.7. The van der Waals surface area contributed by atoms with Crippen LogP contribution in [0, 0.1) is 29.1 Å². The van der Waals surface area contributed by atoms with Gasteiger partial charge in [0.2, 0.25) is 0 Å². The number of rotatable bonds is 7. The minimum Gasteiger partial charge on any atom is -0.495 e. The first-order chi connectivity index (χ1) is 18.7. The van der Waals surface area contributed by atoms with E-state index >= 15 is 0 Å². The Kier molecular flexibility index (Phi) is 8.55. The van der Waals surface area contributed by atoms with Crippen molar-refractivity contribution in [1.29, 1.82) is 5.26 Å². The highest BCUT2D eigenvalue weighted by Gasteiger charge is 2.30. The molecule has 0 saturated heterocycles. The van der Waals surface area contributed by atoms with Crippen molar-refractivity contribution in [2.45, 2.75) is 44.4 Å². The fourth-order valence-corrected chi connectivity index (χ4v) is 4.85. The molecule has 39 heavy (non-hydrogen) atoms. The van der Waals surface area contributed by atoms with Crippen LogP contribution in [0.1, 0.15) is 41.7 Å². The summed E-state index contributed by atoms with van der Waals surface area (Å²) in [4.78, 5) is 11.9. The fraction of sp³-hybridized carbons (Fsp3) is 0.379. The lowest BCUT2D eigenvalue weighted by atomic mass is 9.87. The largest absolute Gasteiger partial charge is 0.495 e. The van der Waals surface area contributed by atoms with Gasteiger partial charge in [-0.15, -0.1) is 0 Å². The fourth-order valence-electron chi connectivity index (χ4n) is 4.85. The van der Waals surface area contributed by atoms with Crippen molar-refractivity contribution in [3.63, 3.8) is 0 Å². The number of hydrogen-bond acceptors (Lipinski definition) is 5. The van der Waals surface area contributed by atoms with E-state index in [1.165, 1.54) is 18.7 Å². The van der Waals surface area contributed by atoms with Crippen LogP contribution in [0.4, 0.5) is 24.5 Å². The molecule has 3 N–H and O–H groups in total. The summed E-state index contributed by atoms with van der Waals surface area (Å²) in [5, 5.41) is 19.0. The van der Waals surface area contributed by atoms with Crippen molar-refractivity contribution < 1.29 is 22.7 Å². The number of hydrogen-bond donors (Lipinski definition) is 3. The Hall–Kier alpha value is -4.31. The van der Waals surface area contributed by atoms with E-state index in [9.17, 15) is 18.0 Å². The van der Waals surface area contributed by atoms with E-state index < -0.39 is 12.7 Å². The summed E-state index contributed by atoms with van der Waals surface area (Å²) < 4.78 is 47.1. The van der Waals surface area contributed by atoms with Crippen LogP contribution in [0.15, 0.2) is 42.5 Å². The predicted octanol–water partition coefficient (Wildman–Crippen LogP) is 5.53. The number of fused-ring (bicyclic) bond motifs is 1. The van der Waals surface area contributed by atoms with Gasteiger partial charge in [0.25, 0.3) is 5.91 Å². The first-order valence-corrected chi connectivity index (χ1v) is 12.7. The highest BCUT2D eigenvalue weighted by molar-refractivity contribution is 5.95. The molecule has 3 aromatic rings. The molecule has 0 unspecified atom stereocenters. The van der Waals surface area contributed by atoms with Gasteiger partial charge in [0.1, 0.15) is 12.3 Å². The van der Waals surface area contributed by atoms with Gasteiger partial charge in [-0.1, -0.05) is 12.0 Å². The molecule has 1 saturated carbocycles. The van der Waals surface area contributed by atoms with Crippen molar-refractivity contribution in [2.75, 3.05) is 31.3 Å². The number of carbonyl (C=O) groups excluding carboxylic acids is 1. The summed E-state index contributed by atoms with van der Waals surface area (Å²) in [6.07, 6.45) is -1.13. The molecule has 1 aliphatic carbocycles. The van der Waals surface area contributed by atoms with Crippen LogP contribution in [0.3, 0.4) is 0 Å². The summed E-state index contributed by atoms with van der Waals surface area (Å²) >= 11 is 0. The number of nitriles is 1. The summed E-state index contributed by atoms with van der Waals surface area (Å²) in [7, 11) is 3.02. The normalized spacial score (nSPS) is 17.0. The third-order valence-electron chi connectivity index (χ3n) is 6.83. The lowest BCUT2D eigenvalue weighted by Gasteiger charge is -2.26. The quantitative estimate of drug-likeness (QED) is 0.345. The van der Waals surface area contributed by atoms with E-state index in [1.54, 1.807) is 36.4 Å². The Balaban J connectivity index is 1.57. The van der Waals surface area contributed by atoms with Gasteiger partial charge in [-0.3, -0.25) is 4.79 Å². The lowest BCUT2D eigenvalue weighted by molar-refractivity contribution is -0.140. The van der Waals surface area contributed by atoms with Crippen LogP contribution < -0.4 is 20.7 Å². The molecule has 1 amide bonds. The zero-order valence-electron chi connectivity index (χ0n) is 21.8. The number of ether oxygens (including phenoxy) is 1. The molecule has 1 aromatic heterocycles. The Morgan fingerprint density at radius 1 is 1.13 bits per heavy atom. The zero-order valence-corrected chi connectivity index (χ0v) is 21.8. The highest BCUT2D eigenvalue weighted by atomic mass is 19.4. The van der Waals surface area contributed by atoms with Gasteiger partial charge >= 0.3 is 6.18 Å². The topological polar surface area (TPSA) is 91.1 Å². The molecule has 0 aliphatic heterocycles. The molecule has 0 spiro atoms. The van der Waals surface area contributed by atoms with Crippen molar-refractivity contribution >= 4 is 28.2 Å². The smallest absolute Gasteiger partial charge is 0.406 e. The van der Waals surface area contributed by atoms with Gasteiger partial charge < -0.3 is 25.3 Å². The van der Waals surface area contributed by atoms with Gasteiger partial charge in [-0.2, -0.15) is 18.4 Å². The maximum atomic E-state index is 13.5. The molecule has 0 bridgehead atoms. The number of methoxy groups -OCH3 is 1. The first kappa shape index (κ1) is 27.7. The van der Waals surface area contributed by atoms with E-state index in [4.69, 9.17) is 10.00 Å². The number of nitrogens with one attached hydrogen (secondary N) is 3. The molecule has 4 rings (SSSR count). The van der Waals surface area contributed by atoms with Gasteiger partial charge in [0.15, 0.2) is 0 Å². The maximum Gasteiger partial charge on any atom is 0.406 e. The van der Waals surface area contributed by atoms with Gasteiger partial charge in [-0.25, -0.2) is 0 Å². The second-order valence-corrected chi connectivity index (χ2v) is 9.44. The van der Waals surface area contributed by atoms with Crippen molar-refractivity contribution in [1.82, 2.24) is 9.88 Å². The van der Waals surface area contributed by atoms with Crippen LogP contribution in [0.25, 0.3) is 10.9 Å². The molecule has 1 aliphatic rings. The number of alkyl halides is 3. The molecule has 1 heterocycles. The van der Waals surface area contributed by atoms with E-state index in [2.05, 4.69) is 33.9 Å². The summed E-state index contributed by atoms with van der Waals surface area (Å²) in [5.41, 5.74) is 2.51. The van der Waals surface area contributed by atoms with Crippen molar-refractivity contribution in [3.8, 4) is 23.7 Å². The SMILES string of the molecule is CNC(=O)c1ccc(NCC#Cc2cc3c(NC4CCC(C#N)CC4)cccc3n2CC(F)(F)F)c(OC)c1. The highest BCUT2D eigenvalue weighted by Crippen LogP contribution is 2.33. The van der Waals surface area contributed by atoms with E-state index in [0.717, 1.165) is 31.4 Å². The molecule has 2 aromatic carbocycles. The molecule has 0 atom stereocenters. The van der Waals surface area contributed by atoms with E-state index in [1.807, 2.05) is 6.07 Å². The van der Waals surface area contributed by atoms with Crippen molar-refractivity contribution in [3.05, 3.63) is 53.7 Å². The average Bonchev–Trinajstić information content (AvgIpc) is 3.27. The molecule has 7 nitrogen and oxygen atoms in total. The second-order valence-electron chi connectivity index (χ2n) is 9.44. The van der Waals surface area contributed by atoms with Crippen LogP contribution in [0.5, 0.6) is 5.75 Å². The molecular weight excluding hydrogens is 507 g/mol. The Labute approximate surface area is 225 Å². The van der Waals surface area contributed by atoms with E-state index in [-0.39, 0.29) is 30.1 Å². The standard InChI is InChI=1S/C29H30F3N5O2/c1-34-28(38)20-10-13-25(27(15-20)39-2)35-14-4-5-22-16-23-24(36-21-11-8-19(17-33)9-12-21)6-3-7-26(23)37(22)18-29(30,31)32/h3,6-7,10,13,15-16,19,21,35-36H,8-9,11-12,14,18H2,1-2H3,(H,34,38). The monoisotopic (exact) mass is 537 g/mol. The van der Waals surface area contributed by atoms with Crippen LogP contribution in [-0.4, -0.2) is 43.4 Å². The number of benzene rings is 2. The Bertz CT molecular complexity index is 1440.